The molecule has 7 aromatic carbocycles. The molecule has 0 amide bonds. The smallest absolute Gasteiger partial charge is 0.200 e. The summed E-state index contributed by atoms with van der Waals surface area (Å²) in [4.78, 5) is 0. The molecule has 2 aliphatic carbocycles. The predicted octanol–water partition coefficient (Wildman–Crippen LogP) is 16.6. The van der Waals surface area contributed by atoms with Gasteiger partial charge in [-0.3, -0.25) is 0 Å². The Morgan fingerprint density at radius 2 is 1.16 bits per heavy atom. The van der Waals surface area contributed by atoms with Crippen molar-refractivity contribution in [2.24, 2.45) is 7.05 Å². The Labute approximate surface area is 419 Å². The lowest BCUT2D eigenvalue weighted by Crippen LogP contribution is -2.40. The minimum Gasteiger partial charge on any atom is -0.200 e. The molecule has 2 aliphatic rings. The molecular formula is C64H58Br2N2+2. The fourth-order valence-corrected chi connectivity index (χ4v) is 13.0. The van der Waals surface area contributed by atoms with Crippen LogP contribution < -0.4 is 9.13 Å². The molecule has 2 aromatic heterocycles. The van der Waals surface area contributed by atoms with Crippen LogP contribution in [-0.4, -0.2) is 0 Å². The van der Waals surface area contributed by atoms with Crippen LogP contribution in [0.3, 0.4) is 0 Å². The summed E-state index contributed by atoms with van der Waals surface area (Å²) < 4.78 is 7.06. The van der Waals surface area contributed by atoms with Gasteiger partial charge >= 0.3 is 0 Å². The van der Waals surface area contributed by atoms with E-state index in [2.05, 4.69) is 252 Å². The molecular weight excluding hydrogens is 957 g/mol. The van der Waals surface area contributed by atoms with Crippen molar-refractivity contribution in [3.8, 4) is 55.9 Å². The monoisotopic (exact) mass is 1010 g/mol. The van der Waals surface area contributed by atoms with Crippen molar-refractivity contribution in [2.45, 2.75) is 83.6 Å². The second-order valence-electron chi connectivity index (χ2n) is 19.3. The van der Waals surface area contributed by atoms with Crippen LogP contribution in [0, 0.1) is 6.92 Å². The zero-order valence-electron chi connectivity index (χ0n) is 39.8. The number of pyridine rings is 2. The largest absolute Gasteiger partial charge is 0.220 e. The molecule has 1 spiro atoms. The first kappa shape index (κ1) is 44.6. The van der Waals surface area contributed by atoms with Crippen LogP contribution in [0.15, 0.2) is 185 Å². The average Bonchev–Trinajstić information content (AvgIpc) is 3.82. The van der Waals surface area contributed by atoms with Gasteiger partial charge in [-0.2, -0.15) is 4.57 Å². The standard InChI is InChI=1S/C64H58Br2N2/c1-6-9-17-43-18-16-21-53-48(43)33-36-67(5)62(53)54-20-11-12-22-56(54)63(7-2,8-3)34-37-68-35-15-14-24-61(68)55-38-44(26-25-42(55)4)45-27-30-50-49-19-10-13-23-57(49)64(58(50)39-45)59-40-46(65)28-31-51(59)52-32-29-47(66)41-60(52)64/h10-16,18-33,35-36,38-41H,6-9,17,34,37H2,1-5H3/q+2. The molecule has 0 unspecified atom stereocenters. The highest BCUT2D eigenvalue weighted by atomic mass is 79.9. The molecule has 0 fully saturated rings. The topological polar surface area (TPSA) is 7.76 Å². The number of halogens is 2. The number of rotatable bonds is 12. The maximum absolute atomic E-state index is 3.89. The highest BCUT2D eigenvalue weighted by Gasteiger charge is 2.52. The van der Waals surface area contributed by atoms with Crippen molar-refractivity contribution in [1.29, 1.82) is 0 Å². The van der Waals surface area contributed by atoms with E-state index in [0.717, 1.165) is 41.2 Å². The summed E-state index contributed by atoms with van der Waals surface area (Å²) >= 11 is 7.78. The normalized spacial score (nSPS) is 13.2. The Balaban J connectivity index is 0.980. The van der Waals surface area contributed by atoms with Gasteiger partial charge in [-0.15, -0.1) is 0 Å². The Hall–Kier alpha value is -5.94. The van der Waals surface area contributed by atoms with Crippen molar-refractivity contribution in [1.82, 2.24) is 0 Å². The van der Waals surface area contributed by atoms with Crippen LogP contribution in [-0.2, 0) is 30.8 Å². The number of aromatic nitrogens is 2. The predicted molar refractivity (Wildman–Crippen MR) is 290 cm³/mol. The zero-order valence-corrected chi connectivity index (χ0v) is 43.0. The van der Waals surface area contributed by atoms with Crippen molar-refractivity contribution >= 4 is 42.6 Å². The summed E-state index contributed by atoms with van der Waals surface area (Å²) in [6.45, 7) is 10.3. The summed E-state index contributed by atoms with van der Waals surface area (Å²) in [7, 11) is 2.22. The molecule has 2 nitrogen and oxygen atoms in total. The summed E-state index contributed by atoms with van der Waals surface area (Å²) in [6, 6.07) is 62.3. The highest BCUT2D eigenvalue weighted by Crippen LogP contribution is 2.63. The number of hydrogen-bond donors (Lipinski definition) is 0. The summed E-state index contributed by atoms with van der Waals surface area (Å²) in [5.41, 5.74) is 21.9. The van der Waals surface area contributed by atoms with E-state index in [-0.39, 0.29) is 5.41 Å². The number of aryl methyl sites for hydroxylation is 4. The number of nitrogens with zero attached hydrogens (tertiary/aromatic N) is 2. The molecule has 9 aromatic rings. The lowest BCUT2D eigenvalue weighted by Gasteiger charge is -2.33. The van der Waals surface area contributed by atoms with Crippen molar-refractivity contribution in [2.75, 3.05) is 0 Å². The van der Waals surface area contributed by atoms with Crippen LogP contribution in [0.5, 0.6) is 0 Å². The van der Waals surface area contributed by atoms with Crippen molar-refractivity contribution < 1.29 is 9.13 Å². The quantitative estimate of drug-likeness (QED) is 0.108. The molecule has 0 N–H and O–H groups in total. The summed E-state index contributed by atoms with van der Waals surface area (Å²) in [6.07, 6.45) is 11.2. The van der Waals surface area contributed by atoms with Gasteiger partial charge in [0.1, 0.15) is 13.6 Å². The van der Waals surface area contributed by atoms with Gasteiger partial charge in [0.05, 0.1) is 16.4 Å². The lowest BCUT2D eigenvalue weighted by molar-refractivity contribution is -0.687. The number of fused-ring (bicyclic) bond motifs is 11. The third kappa shape index (κ3) is 7.08. The minimum absolute atomic E-state index is 0.0246. The first-order valence-electron chi connectivity index (χ1n) is 24.7. The SMILES string of the molecule is CCCCc1cccc2c(-c3ccccc3C(CC)(CC)CC[n+]3ccccc3-c3cc(-c4ccc5c(c4)C4(c6ccccc6-5)c5cc(Br)ccc5-c5ccc(Br)cc54)ccc3C)[n+](C)ccc12. The lowest BCUT2D eigenvalue weighted by atomic mass is 9.70. The molecule has 0 saturated carbocycles. The maximum Gasteiger partial charge on any atom is 0.220 e. The average molecular weight is 1010 g/mol. The van der Waals surface area contributed by atoms with Gasteiger partial charge in [-0.05, 0) is 165 Å². The number of unbranched alkanes of at least 4 members (excludes halogenated alkanes) is 1. The number of benzene rings is 7. The Morgan fingerprint density at radius 3 is 1.90 bits per heavy atom. The van der Waals surface area contributed by atoms with E-state index in [4.69, 9.17) is 0 Å². The molecule has 0 atom stereocenters. The fourth-order valence-electron chi connectivity index (χ4n) is 12.3. The molecule has 4 heteroatoms. The second kappa shape index (κ2) is 17.9. The third-order valence-corrected chi connectivity index (χ3v) is 16.9. The highest BCUT2D eigenvalue weighted by molar-refractivity contribution is 9.10. The third-order valence-electron chi connectivity index (χ3n) is 15.9. The summed E-state index contributed by atoms with van der Waals surface area (Å²) in [5.74, 6) is 0. The van der Waals surface area contributed by atoms with Crippen LogP contribution >= 0.6 is 31.9 Å². The van der Waals surface area contributed by atoms with E-state index in [1.807, 2.05) is 0 Å². The fraction of sp³-hybridized carbons (Fsp3) is 0.219. The first-order chi connectivity index (χ1) is 33.2. The number of hydrogen-bond acceptors (Lipinski definition) is 0. The molecule has 2 heterocycles. The van der Waals surface area contributed by atoms with E-state index in [0.29, 0.717) is 0 Å². The molecule has 0 aliphatic heterocycles. The zero-order chi connectivity index (χ0) is 46.7. The molecule has 0 radical (unpaired) electrons. The Morgan fingerprint density at radius 1 is 0.529 bits per heavy atom. The van der Waals surface area contributed by atoms with Crippen molar-refractivity contribution in [3.63, 3.8) is 0 Å². The van der Waals surface area contributed by atoms with Crippen LogP contribution in [0.2, 0.25) is 0 Å². The molecule has 11 rings (SSSR count). The van der Waals surface area contributed by atoms with Crippen LogP contribution in [0.25, 0.3) is 66.7 Å². The van der Waals surface area contributed by atoms with Gasteiger partial charge in [0.25, 0.3) is 0 Å². The van der Waals surface area contributed by atoms with E-state index in [1.165, 1.54) is 118 Å². The van der Waals surface area contributed by atoms with Gasteiger partial charge < -0.3 is 0 Å². The van der Waals surface area contributed by atoms with Gasteiger partial charge in [0, 0.05) is 44.5 Å². The Bertz CT molecular complexity index is 3380. The van der Waals surface area contributed by atoms with E-state index in [1.54, 1.807) is 0 Å². The van der Waals surface area contributed by atoms with Crippen molar-refractivity contribution in [3.05, 3.63) is 224 Å². The Kier molecular flexibility index (Phi) is 11.7. The molecule has 68 heavy (non-hydrogen) atoms. The summed E-state index contributed by atoms with van der Waals surface area (Å²) in [5, 5.41) is 2.72. The van der Waals surface area contributed by atoms with E-state index >= 15 is 0 Å². The van der Waals surface area contributed by atoms with Crippen LogP contribution in [0.1, 0.15) is 91.8 Å². The second-order valence-corrected chi connectivity index (χ2v) is 21.1. The van der Waals surface area contributed by atoms with Gasteiger partial charge in [-0.1, -0.05) is 150 Å². The maximum atomic E-state index is 3.89. The van der Waals surface area contributed by atoms with Gasteiger partial charge in [0.2, 0.25) is 11.4 Å². The minimum atomic E-state index is -0.442. The first-order valence-corrected chi connectivity index (χ1v) is 26.2. The molecule has 0 bridgehead atoms. The molecule has 336 valence electrons. The van der Waals surface area contributed by atoms with E-state index < -0.39 is 5.41 Å². The van der Waals surface area contributed by atoms with Crippen LogP contribution in [0.4, 0.5) is 0 Å². The van der Waals surface area contributed by atoms with Gasteiger partial charge in [-0.25, -0.2) is 4.57 Å². The molecule has 0 saturated heterocycles. The van der Waals surface area contributed by atoms with E-state index in [9.17, 15) is 0 Å². The van der Waals surface area contributed by atoms with Gasteiger partial charge in [0.15, 0.2) is 12.4 Å².